The molecule has 0 radical (unpaired) electrons. The maximum Gasteiger partial charge on any atom is 0.224 e. The first-order chi connectivity index (χ1) is 8.85. The summed E-state index contributed by atoms with van der Waals surface area (Å²) in [6, 6.07) is 5.74. The van der Waals surface area contributed by atoms with Crippen molar-refractivity contribution >= 4 is 11.7 Å². The van der Waals surface area contributed by atoms with Crippen molar-refractivity contribution < 1.29 is 14.4 Å². The van der Waals surface area contributed by atoms with Crippen molar-refractivity contribution in [1.29, 1.82) is 0 Å². The Morgan fingerprint density at radius 3 is 2.53 bits per heavy atom. The molecular formula is C13H18FN3O2. The van der Waals surface area contributed by atoms with Crippen molar-refractivity contribution in [2.45, 2.75) is 20.3 Å². The lowest BCUT2D eigenvalue weighted by atomic mass is 9.92. The third-order valence-corrected chi connectivity index (χ3v) is 2.81. The summed E-state index contributed by atoms with van der Waals surface area (Å²) in [5, 5.41) is 14.2. The van der Waals surface area contributed by atoms with E-state index in [9.17, 15) is 9.18 Å². The van der Waals surface area contributed by atoms with Gasteiger partial charge in [0.2, 0.25) is 5.91 Å². The molecule has 0 fully saturated rings. The smallest absolute Gasteiger partial charge is 0.224 e. The first kappa shape index (κ1) is 14.9. The van der Waals surface area contributed by atoms with E-state index in [1.165, 1.54) is 12.1 Å². The number of hydrogen-bond acceptors (Lipinski definition) is 3. The second kappa shape index (κ2) is 6.17. The number of amides is 1. The minimum absolute atomic E-state index is 0.0505. The molecule has 19 heavy (non-hydrogen) atoms. The highest BCUT2D eigenvalue weighted by Crippen LogP contribution is 2.13. The third kappa shape index (κ3) is 4.57. The SMILES string of the molecule is CC(C)(CNC(=O)Cc1ccc(F)cc1)/C(N)=N/O. The standard InChI is InChI=1S/C13H18FN3O2/c1-13(2,12(15)17-19)8-16-11(18)7-9-3-5-10(14)6-4-9/h3-6,19H,7-8H2,1-2H3,(H2,15,17)(H,16,18). The number of rotatable bonds is 5. The van der Waals surface area contributed by atoms with Crippen molar-refractivity contribution in [2.24, 2.45) is 16.3 Å². The molecule has 0 spiro atoms. The molecule has 0 saturated heterocycles. The Balaban J connectivity index is 2.50. The monoisotopic (exact) mass is 267 g/mol. The van der Waals surface area contributed by atoms with Gasteiger partial charge < -0.3 is 16.3 Å². The van der Waals surface area contributed by atoms with Crippen molar-refractivity contribution in [3.63, 3.8) is 0 Å². The average Bonchev–Trinajstić information content (AvgIpc) is 2.38. The number of halogens is 1. The zero-order valence-corrected chi connectivity index (χ0v) is 11.0. The van der Waals surface area contributed by atoms with E-state index in [1.54, 1.807) is 26.0 Å². The summed E-state index contributed by atoms with van der Waals surface area (Å²) in [6.45, 7) is 3.75. The van der Waals surface area contributed by atoms with Crippen LogP contribution in [-0.2, 0) is 11.2 Å². The van der Waals surface area contributed by atoms with Crippen LogP contribution in [0.5, 0.6) is 0 Å². The lowest BCUT2D eigenvalue weighted by molar-refractivity contribution is -0.120. The third-order valence-electron chi connectivity index (χ3n) is 2.81. The summed E-state index contributed by atoms with van der Waals surface area (Å²) in [7, 11) is 0. The molecule has 0 bridgehead atoms. The summed E-state index contributed by atoms with van der Waals surface area (Å²) >= 11 is 0. The van der Waals surface area contributed by atoms with E-state index in [1.807, 2.05) is 0 Å². The lowest BCUT2D eigenvalue weighted by Crippen LogP contribution is -2.43. The lowest BCUT2D eigenvalue weighted by Gasteiger charge is -2.23. The molecule has 5 nitrogen and oxygen atoms in total. The summed E-state index contributed by atoms with van der Waals surface area (Å²) in [5.74, 6) is -0.489. The minimum atomic E-state index is -0.632. The topological polar surface area (TPSA) is 87.7 Å². The summed E-state index contributed by atoms with van der Waals surface area (Å²) in [5.41, 5.74) is 5.60. The van der Waals surface area contributed by atoms with Crippen LogP contribution in [0.15, 0.2) is 29.4 Å². The van der Waals surface area contributed by atoms with E-state index in [2.05, 4.69) is 10.5 Å². The first-order valence-electron chi connectivity index (χ1n) is 5.84. The Hall–Kier alpha value is -2.11. The fraction of sp³-hybridized carbons (Fsp3) is 0.385. The Morgan fingerprint density at radius 2 is 2.00 bits per heavy atom. The molecule has 0 aliphatic rings. The van der Waals surface area contributed by atoms with Crippen LogP contribution in [-0.4, -0.2) is 23.5 Å². The maximum absolute atomic E-state index is 12.7. The maximum atomic E-state index is 12.7. The van der Waals surface area contributed by atoms with Crippen LogP contribution in [0.1, 0.15) is 19.4 Å². The molecule has 0 aliphatic carbocycles. The van der Waals surface area contributed by atoms with Gasteiger partial charge in [-0.25, -0.2) is 4.39 Å². The van der Waals surface area contributed by atoms with E-state index in [-0.39, 0.29) is 30.5 Å². The molecule has 1 amide bonds. The zero-order chi connectivity index (χ0) is 14.5. The Labute approximate surface area is 111 Å². The van der Waals surface area contributed by atoms with Gasteiger partial charge >= 0.3 is 0 Å². The van der Waals surface area contributed by atoms with Crippen molar-refractivity contribution in [3.8, 4) is 0 Å². The second-order valence-electron chi connectivity index (χ2n) is 4.95. The van der Waals surface area contributed by atoms with E-state index in [4.69, 9.17) is 10.9 Å². The van der Waals surface area contributed by atoms with Crippen molar-refractivity contribution in [1.82, 2.24) is 5.32 Å². The van der Waals surface area contributed by atoms with Gasteiger partial charge in [-0.1, -0.05) is 31.1 Å². The van der Waals surface area contributed by atoms with Crippen LogP contribution in [0.25, 0.3) is 0 Å². The molecule has 104 valence electrons. The number of nitrogens with two attached hydrogens (primary N) is 1. The average molecular weight is 267 g/mol. The van der Waals surface area contributed by atoms with Gasteiger partial charge in [-0.15, -0.1) is 0 Å². The Morgan fingerprint density at radius 1 is 1.42 bits per heavy atom. The van der Waals surface area contributed by atoms with Crippen molar-refractivity contribution in [2.75, 3.05) is 6.54 Å². The highest BCUT2D eigenvalue weighted by atomic mass is 19.1. The van der Waals surface area contributed by atoms with E-state index in [0.29, 0.717) is 0 Å². The molecule has 0 aliphatic heterocycles. The van der Waals surface area contributed by atoms with Crippen LogP contribution < -0.4 is 11.1 Å². The number of oxime groups is 1. The molecule has 0 heterocycles. The van der Waals surface area contributed by atoms with E-state index in [0.717, 1.165) is 5.56 Å². The summed E-state index contributed by atoms with van der Waals surface area (Å²) in [6.07, 6.45) is 0.159. The molecule has 0 saturated carbocycles. The predicted octanol–water partition coefficient (Wildman–Crippen LogP) is 1.26. The minimum Gasteiger partial charge on any atom is -0.409 e. The van der Waals surface area contributed by atoms with Crippen LogP contribution in [0.4, 0.5) is 4.39 Å². The molecule has 0 atom stereocenters. The number of nitrogens with zero attached hydrogens (tertiary/aromatic N) is 1. The van der Waals surface area contributed by atoms with E-state index >= 15 is 0 Å². The van der Waals surface area contributed by atoms with Crippen LogP contribution in [0.3, 0.4) is 0 Å². The molecule has 0 aromatic heterocycles. The zero-order valence-electron chi connectivity index (χ0n) is 11.0. The first-order valence-corrected chi connectivity index (χ1v) is 5.84. The molecule has 1 aromatic rings. The summed E-state index contributed by atoms with van der Waals surface area (Å²) in [4.78, 5) is 11.7. The number of nitrogens with one attached hydrogen (secondary N) is 1. The van der Waals surface area contributed by atoms with Gasteiger partial charge in [-0.3, -0.25) is 4.79 Å². The van der Waals surface area contributed by atoms with E-state index < -0.39 is 5.41 Å². The molecular weight excluding hydrogens is 249 g/mol. The highest BCUT2D eigenvalue weighted by Gasteiger charge is 2.24. The van der Waals surface area contributed by atoms with Crippen molar-refractivity contribution in [3.05, 3.63) is 35.6 Å². The van der Waals surface area contributed by atoms with Gasteiger partial charge in [0.05, 0.1) is 6.42 Å². The van der Waals surface area contributed by atoms with Crippen LogP contribution in [0, 0.1) is 11.2 Å². The largest absolute Gasteiger partial charge is 0.409 e. The van der Waals surface area contributed by atoms with Crippen LogP contribution >= 0.6 is 0 Å². The van der Waals surface area contributed by atoms with Gasteiger partial charge in [0.25, 0.3) is 0 Å². The molecule has 1 aromatic carbocycles. The number of amidine groups is 1. The number of hydrogen-bond donors (Lipinski definition) is 3. The van der Waals surface area contributed by atoms with Gasteiger partial charge in [0, 0.05) is 12.0 Å². The quantitative estimate of drug-likeness (QED) is 0.325. The fourth-order valence-electron chi connectivity index (χ4n) is 1.40. The van der Waals surface area contributed by atoms with Gasteiger partial charge in [-0.2, -0.15) is 0 Å². The Kier molecular flexibility index (Phi) is 4.86. The predicted molar refractivity (Wildman–Crippen MR) is 70.3 cm³/mol. The summed E-state index contributed by atoms with van der Waals surface area (Å²) < 4.78 is 12.7. The highest BCUT2D eigenvalue weighted by molar-refractivity contribution is 5.86. The normalized spacial score (nSPS) is 12.3. The fourth-order valence-corrected chi connectivity index (χ4v) is 1.40. The Bertz CT molecular complexity index is 469. The van der Waals surface area contributed by atoms with Gasteiger partial charge in [0.1, 0.15) is 11.7 Å². The number of carbonyl (C=O) groups excluding carboxylic acids is 1. The van der Waals surface area contributed by atoms with Gasteiger partial charge in [-0.05, 0) is 17.7 Å². The molecule has 4 N–H and O–H groups in total. The second-order valence-corrected chi connectivity index (χ2v) is 4.95. The molecule has 0 unspecified atom stereocenters. The number of benzene rings is 1. The van der Waals surface area contributed by atoms with Crippen LogP contribution in [0.2, 0.25) is 0 Å². The number of carbonyl (C=O) groups is 1. The molecule has 1 rings (SSSR count). The van der Waals surface area contributed by atoms with Gasteiger partial charge in [0.15, 0.2) is 0 Å². The molecule has 6 heteroatoms.